The minimum absolute atomic E-state index is 0.0433. The van der Waals surface area contributed by atoms with E-state index in [4.69, 9.17) is 9.84 Å². The SMILES string of the molecule is Cc1ccc(OCC(C)NC(=O)CCCO)cc1. The van der Waals surface area contributed by atoms with Gasteiger partial charge in [-0.15, -0.1) is 0 Å². The zero-order chi connectivity index (χ0) is 13.4. The van der Waals surface area contributed by atoms with Crippen molar-refractivity contribution in [3.63, 3.8) is 0 Å². The summed E-state index contributed by atoms with van der Waals surface area (Å²) in [6.07, 6.45) is 0.850. The lowest BCUT2D eigenvalue weighted by molar-refractivity contribution is -0.122. The Hall–Kier alpha value is -1.55. The molecule has 0 aliphatic heterocycles. The highest BCUT2D eigenvalue weighted by atomic mass is 16.5. The van der Waals surface area contributed by atoms with Crippen LogP contribution in [0.4, 0.5) is 0 Å². The smallest absolute Gasteiger partial charge is 0.220 e. The fourth-order valence-corrected chi connectivity index (χ4v) is 1.48. The van der Waals surface area contributed by atoms with Crippen molar-refractivity contribution >= 4 is 5.91 Å². The molecule has 18 heavy (non-hydrogen) atoms. The number of carbonyl (C=O) groups is 1. The van der Waals surface area contributed by atoms with E-state index in [0.29, 0.717) is 19.4 Å². The van der Waals surface area contributed by atoms with Crippen molar-refractivity contribution in [1.82, 2.24) is 5.32 Å². The third kappa shape index (κ3) is 5.68. The Morgan fingerprint density at radius 3 is 2.67 bits per heavy atom. The van der Waals surface area contributed by atoms with Gasteiger partial charge in [0.15, 0.2) is 0 Å². The fraction of sp³-hybridized carbons (Fsp3) is 0.500. The molecule has 0 aliphatic carbocycles. The average molecular weight is 251 g/mol. The van der Waals surface area contributed by atoms with Gasteiger partial charge in [-0.1, -0.05) is 17.7 Å². The molecule has 0 heterocycles. The maximum atomic E-state index is 11.4. The maximum Gasteiger partial charge on any atom is 0.220 e. The van der Waals surface area contributed by atoms with E-state index in [1.807, 2.05) is 38.1 Å². The fourth-order valence-electron chi connectivity index (χ4n) is 1.48. The zero-order valence-corrected chi connectivity index (χ0v) is 11.0. The molecule has 1 rings (SSSR count). The monoisotopic (exact) mass is 251 g/mol. The topological polar surface area (TPSA) is 58.6 Å². The summed E-state index contributed by atoms with van der Waals surface area (Å²) in [4.78, 5) is 11.4. The highest BCUT2D eigenvalue weighted by molar-refractivity contribution is 5.76. The Morgan fingerprint density at radius 2 is 2.06 bits per heavy atom. The second-order valence-electron chi connectivity index (χ2n) is 4.42. The second kappa shape index (κ2) is 7.71. The molecule has 1 unspecified atom stereocenters. The normalized spacial score (nSPS) is 11.9. The van der Waals surface area contributed by atoms with E-state index in [0.717, 1.165) is 5.75 Å². The number of carbonyl (C=O) groups excluding carboxylic acids is 1. The molecule has 4 nitrogen and oxygen atoms in total. The number of aryl methyl sites for hydroxylation is 1. The van der Waals surface area contributed by atoms with Crippen LogP contribution in [0.1, 0.15) is 25.3 Å². The van der Waals surface area contributed by atoms with E-state index in [1.54, 1.807) is 0 Å². The van der Waals surface area contributed by atoms with Crippen LogP contribution in [0, 0.1) is 6.92 Å². The first-order chi connectivity index (χ1) is 8.61. The summed E-state index contributed by atoms with van der Waals surface area (Å²) in [6, 6.07) is 7.75. The molecule has 4 heteroatoms. The van der Waals surface area contributed by atoms with Gasteiger partial charge in [0, 0.05) is 13.0 Å². The molecular formula is C14H21NO3. The van der Waals surface area contributed by atoms with Crippen LogP contribution in [0.2, 0.25) is 0 Å². The minimum Gasteiger partial charge on any atom is -0.491 e. The largest absolute Gasteiger partial charge is 0.491 e. The number of aliphatic hydroxyl groups excluding tert-OH is 1. The van der Waals surface area contributed by atoms with Crippen LogP contribution < -0.4 is 10.1 Å². The van der Waals surface area contributed by atoms with Gasteiger partial charge in [0.2, 0.25) is 5.91 Å². The van der Waals surface area contributed by atoms with Crippen molar-refractivity contribution in [2.24, 2.45) is 0 Å². The Kier molecular flexibility index (Phi) is 6.22. The number of ether oxygens (including phenoxy) is 1. The average Bonchev–Trinajstić information content (AvgIpc) is 2.35. The molecule has 0 spiro atoms. The van der Waals surface area contributed by atoms with Crippen molar-refractivity contribution in [2.45, 2.75) is 32.7 Å². The van der Waals surface area contributed by atoms with Gasteiger partial charge in [0.25, 0.3) is 0 Å². The van der Waals surface area contributed by atoms with E-state index >= 15 is 0 Å². The molecule has 100 valence electrons. The van der Waals surface area contributed by atoms with Crippen LogP contribution in [0.3, 0.4) is 0 Å². The third-order valence-corrected chi connectivity index (χ3v) is 2.49. The molecule has 1 aromatic rings. The van der Waals surface area contributed by atoms with Gasteiger partial charge in [-0.3, -0.25) is 4.79 Å². The van der Waals surface area contributed by atoms with Crippen molar-refractivity contribution in [2.75, 3.05) is 13.2 Å². The molecule has 0 saturated heterocycles. The van der Waals surface area contributed by atoms with E-state index in [9.17, 15) is 4.79 Å². The van der Waals surface area contributed by atoms with Gasteiger partial charge in [-0.2, -0.15) is 0 Å². The molecule has 0 radical (unpaired) electrons. The predicted octanol–water partition coefficient (Wildman–Crippen LogP) is 1.65. The number of amides is 1. The molecule has 0 bridgehead atoms. The molecular weight excluding hydrogens is 230 g/mol. The lowest BCUT2D eigenvalue weighted by Crippen LogP contribution is -2.36. The van der Waals surface area contributed by atoms with Crippen LogP contribution in [-0.2, 0) is 4.79 Å². The quantitative estimate of drug-likeness (QED) is 0.774. The standard InChI is InChI=1S/C14H21NO3/c1-11-5-7-13(8-6-11)18-10-12(2)15-14(17)4-3-9-16/h5-8,12,16H,3-4,9-10H2,1-2H3,(H,15,17). The van der Waals surface area contributed by atoms with Crippen molar-refractivity contribution in [3.05, 3.63) is 29.8 Å². The molecule has 0 saturated carbocycles. The molecule has 1 aromatic carbocycles. The highest BCUT2D eigenvalue weighted by Crippen LogP contribution is 2.11. The van der Waals surface area contributed by atoms with Crippen LogP contribution in [0.15, 0.2) is 24.3 Å². The van der Waals surface area contributed by atoms with Gasteiger partial charge in [0.05, 0.1) is 6.04 Å². The third-order valence-electron chi connectivity index (χ3n) is 2.49. The van der Waals surface area contributed by atoms with Crippen LogP contribution in [0.25, 0.3) is 0 Å². The lowest BCUT2D eigenvalue weighted by Gasteiger charge is -2.15. The summed E-state index contributed by atoms with van der Waals surface area (Å²) in [5, 5.41) is 11.4. The molecule has 1 amide bonds. The Balaban J connectivity index is 2.26. The van der Waals surface area contributed by atoms with E-state index in [-0.39, 0.29) is 18.6 Å². The van der Waals surface area contributed by atoms with Gasteiger partial charge in [-0.25, -0.2) is 0 Å². The van der Waals surface area contributed by atoms with Crippen LogP contribution in [0.5, 0.6) is 5.75 Å². The van der Waals surface area contributed by atoms with Crippen molar-refractivity contribution in [1.29, 1.82) is 0 Å². The van der Waals surface area contributed by atoms with Gasteiger partial charge < -0.3 is 15.2 Å². The predicted molar refractivity (Wildman–Crippen MR) is 70.6 cm³/mol. The maximum absolute atomic E-state index is 11.4. The first-order valence-electron chi connectivity index (χ1n) is 6.21. The Morgan fingerprint density at radius 1 is 1.39 bits per heavy atom. The first kappa shape index (κ1) is 14.5. The number of benzene rings is 1. The summed E-state index contributed by atoms with van der Waals surface area (Å²) in [6.45, 7) is 4.40. The zero-order valence-electron chi connectivity index (χ0n) is 11.0. The van der Waals surface area contributed by atoms with Gasteiger partial charge in [-0.05, 0) is 32.4 Å². The number of rotatable bonds is 7. The molecule has 1 atom stereocenters. The number of aliphatic hydroxyl groups is 1. The van der Waals surface area contributed by atoms with Crippen molar-refractivity contribution < 1.29 is 14.6 Å². The molecule has 0 fully saturated rings. The van der Waals surface area contributed by atoms with E-state index < -0.39 is 0 Å². The summed E-state index contributed by atoms with van der Waals surface area (Å²) in [7, 11) is 0. The Bertz CT molecular complexity index is 362. The van der Waals surface area contributed by atoms with Gasteiger partial charge in [0.1, 0.15) is 12.4 Å². The number of nitrogens with one attached hydrogen (secondary N) is 1. The number of hydrogen-bond donors (Lipinski definition) is 2. The Labute approximate surface area is 108 Å². The van der Waals surface area contributed by atoms with Crippen molar-refractivity contribution in [3.8, 4) is 5.75 Å². The molecule has 2 N–H and O–H groups in total. The summed E-state index contributed by atoms with van der Waals surface area (Å²) in [5.74, 6) is 0.751. The first-order valence-corrected chi connectivity index (χ1v) is 6.21. The van der Waals surface area contributed by atoms with E-state index in [1.165, 1.54) is 5.56 Å². The minimum atomic E-state index is -0.0518. The summed E-state index contributed by atoms with van der Waals surface area (Å²) < 4.78 is 5.56. The van der Waals surface area contributed by atoms with Crippen LogP contribution in [-0.4, -0.2) is 30.3 Å². The van der Waals surface area contributed by atoms with E-state index in [2.05, 4.69) is 5.32 Å². The summed E-state index contributed by atoms with van der Waals surface area (Å²) >= 11 is 0. The molecule has 0 aromatic heterocycles. The summed E-state index contributed by atoms with van der Waals surface area (Å²) in [5.41, 5.74) is 1.19. The molecule has 0 aliphatic rings. The second-order valence-corrected chi connectivity index (χ2v) is 4.42. The number of hydrogen-bond acceptors (Lipinski definition) is 3. The van der Waals surface area contributed by atoms with Crippen LogP contribution >= 0.6 is 0 Å². The highest BCUT2D eigenvalue weighted by Gasteiger charge is 2.07. The van der Waals surface area contributed by atoms with Gasteiger partial charge >= 0.3 is 0 Å². The lowest BCUT2D eigenvalue weighted by atomic mass is 10.2.